The van der Waals surface area contributed by atoms with Gasteiger partial charge in [-0.1, -0.05) is 0 Å². The van der Waals surface area contributed by atoms with E-state index in [4.69, 9.17) is 0 Å². The van der Waals surface area contributed by atoms with Crippen molar-refractivity contribution in [2.45, 2.75) is 6.54 Å². The predicted octanol–water partition coefficient (Wildman–Crippen LogP) is 1.16. The van der Waals surface area contributed by atoms with Gasteiger partial charge in [-0.2, -0.15) is 0 Å². The van der Waals surface area contributed by atoms with Crippen molar-refractivity contribution in [3.8, 4) is 0 Å². The Morgan fingerprint density at radius 2 is 2.11 bits per heavy atom. The molecule has 0 saturated carbocycles. The highest BCUT2D eigenvalue weighted by Crippen LogP contribution is 2.12. The number of amides is 1. The van der Waals surface area contributed by atoms with E-state index in [0.717, 1.165) is 16.7 Å². The van der Waals surface area contributed by atoms with Crippen LogP contribution in [0.15, 0.2) is 41.5 Å². The number of rotatable bonds is 3. The Morgan fingerprint density at radius 1 is 1.32 bits per heavy atom. The molecule has 0 bridgehead atoms. The van der Waals surface area contributed by atoms with Gasteiger partial charge in [0.05, 0.1) is 0 Å². The van der Waals surface area contributed by atoms with Crippen molar-refractivity contribution in [3.05, 3.63) is 58.8 Å². The minimum absolute atomic E-state index is 0.112. The van der Waals surface area contributed by atoms with Gasteiger partial charge in [-0.05, 0) is 18.2 Å². The number of aromatic nitrogens is 2. The van der Waals surface area contributed by atoms with Crippen molar-refractivity contribution in [3.63, 3.8) is 0 Å². The Morgan fingerprint density at radius 3 is 2.79 bits per heavy atom. The summed E-state index contributed by atoms with van der Waals surface area (Å²) in [6.45, 7) is -0.258. The lowest BCUT2D eigenvalue weighted by molar-refractivity contribution is -0.116. The molecule has 0 saturated heterocycles. The lowest BCUT2D eigenvalue weighted by Gasteiger charge is -2.06. The van der Waals surface area contributed by atoms with Gasteiger partial charge in [0, 0.05) is 24.1 Å². The molecule has 0 unspecified atom stereocenters. The van der Waals surface area contributed by atoms with Gasteiger partial charge in [0.15, 0.2) is 11.6 Å². The molecule has 5 nitrogen and oxygen atoms in total. The van der Waals surface area contributed by atoms with Crippen LogP contribution in [0, 0.1) is 11.6 Å². The summed E-state index contributed by atoms with van der Waals surface area (Å²) in [7, 11) is 0. The number of hydrogen-bond donors (Lipinski definition) is 1. The third kappa shape index (κ3) is 3.21. The molecule has 1 amide bonds. The summed E-state index contributed by atoms with van der Waals surface area (Å²) in [5.41, 5.74) is -0.455. The molecule has 0 aliphatic carbocycles. The van der Waals surface area contributed by atoms with Gasteiger partial charge < -0.3 is 5.32 Å². The molecule has 0 fully saturated rings. The van der Waals surface area contributed by atoms with Crippen molar-refractivity contribution < 1.29 is 13.6 Å². The summed E-state index contributed by atoms with van der Waals surface area (Å²) in [4.78, 5) is 26.4. The third-order valence-electron chi connectivity index (χ3n) is 2.30. The van der Waals surface area contributed by atoms with Crippen LogP contribution >= 0.6 is 0 Å². The first-order chi connectivity index (χ1) is 9.06. The third-order valence-corrected chi connectivity index (χ3v) is 2.30. The largest absolute Gasteiger partial charge is 0.347 e. The summed E-state index contributed by atoms with van der Waals surface area (Å²) >= 11 is 0. The van der Waals surface area contributed by atoms with Crippen molar-refractivity contribution in [2.75, 3.05) is 5.32 Å². The molecule has 19 heavy (non-hydrogen) atoms. The molecule has 1 aromatic heterocycles. The first-order valence-electron chi connectivity index (χ1n) is 5.32. The highest BCUT2D eigenvalue weighted by Gasteiger charge is 2.07. The van der Waals surface area contributed by atoms with Crippen LogP contribution in [0.4, 0.5) is 14.5 Å². The molecule has 1 heterocycles. The normalized spacial score (nSPS) is 10.2. The van der Waals surface area contributed by atoms with Crippen LogP contribution in [0.5, 0.6) is 0 Å². The number of nitrogens with zero attached hydrogens (tertiary/aromatic N) is 2. The highest BCUT2D eigenvalue weighted by atomic mass is 19.2. The van der Waals surface area contributed by atoms with E-state index in [1.54, 1.807) is 0 Å². The molecule has 0 spiro atoms. The van der Waals surface area contributed by atoms with E-state index in [1.807, 2.05) is 0 Å². The van der Waals surface area contributed by atoms with E-state index in [1.165, 1.54) is 24.5 Å². The maximum absolute atomic E-state index is 12.9. The fourth-order valence-electron chi connectivity index (χ4n) is 1.44. The Hall–Kier alpha value is -2.57. The maximum Gasteiger partial charge on any atom is 0.347 e. The molecule has 98 valence electrons. The second kappa shape index (κ2) is 5.38. The lowest BCUT2D eigenvalue weighted by atomic mass is 10.3. The SMILES string of the molecule is O=C(Cn1cccnc1=O)Nc1ccc(F)c(F)c1. The van der Waals surface area contributed by atoms with E-state index in [9.17, 15) is 18.4 Å². The molecule has 1 aromatic carbocycles. The number of carbonyl (C=O) groups excluding carboxylic acids is 1. The van der Waals surface area contributed by atoms with Gasteiger partial charge in [-0.25, -0.2) is 18.6 Å². The Kier molecular flexibility index (Phi) is 3.65. The molecule has 7 heteroatoms. The number of nitrogens with one attached hydrogen (secondary N) is 1. The zero-order chi connectivity index (χ0) is 13.8. The van der Waals surface area contributed by atoms with Crippen LogP contribution in [0.3, 0.4) is 0 Å². The molecular weight excluding hydrogens is 256 g/mol. The topological polar surface area (TPSA) is 64.0 Å². The van der Waals surface area contributed by atoms with Crippen molar-refractivity contribution >= 4 is 11.6 Å². The second-order valence-corrected chi connectivity index (χ2v) is 3.71. The average Bonchev–Trinajstić information content (AvgIpc) is 2.37. The Balaban J connectivity index is 2.08. The zero-order valence-corrected chi connectivity index (χ0v) is 9.64. The summed E-state index contributed by atoms with van der Waals surface area (Å²) in [5, 5.41) is 2.35. The van der Waals surface area contributed by atoms with Gasteiger partial charge in [-0.3, -0.25) is 9.36 Å². The fraction of sp³-hybridized carbons (Fsp3) is 0.0833. The Labute approximate surface area is 106 Å². The number of hydrogen-bond acceptors (Lipinski definition) is 3. The zero-order valence-electron chi connectivity index (χ0n) is 9.64. The van der Waals surface area contributed by atoms with Gasteiger partial charge in [0.1, 0.15) is 6.54 Å². The van der Waals surface area contributed by atoms with Gasteiger partial charge in [-0.15, -0.1) is 0 Å². The van der Waals surface area contributed by atoms with Gasteiger partial charge in [0.25, 0.3) is 0 Å². The van der Waals surface area contributed by atoms with Crippen molar-refractivity contribution in [2.24, 2.45) is 0 Å². The van der Waals surface area contributed by atoms with Gasteiger partial charge in [0.2, 0.25) is 5.91 Å². The van der Waals surface area contributed by atoms with Crippen LogP contribution < -0.4 is 11.0 Å². The average molecular weight is 265 g/mol. The first kappa shape index (κ1) is 12.9. The van der Waals surface area contributed by atoms with Crippen LogP contribution in [0.1, 0.15) is 0 Å². The number of carbonyl (C=O) groups is 1. The summed E-state index contributed by atoms with van der Waals surface area (Å²) in [6.07, 6.45) is 2.71. The van der Waals surface area contributed by atoms with Gasteiger partial charge >= 0.3 is 5.69 Å². The molecule has 1 N–H and O–H groups in total. The second-order valence-electron chi connectivity index (χ2n) is 3.71. The van der Waals surface area contributed by atoms with E-state index in [-0.39, 0.29) is 12.2 Å². The molecule has 0 radical (unpaired) electrons. The summed E-state index contributed by atoms with van der Waals surface area (Å²) < 4.78 is 26.7. The summed E-state index contributed by atoms with van der Waals surface area (Å²) in [6, 6.07) is 4.50. The molecule has 0 aliphatic rings. The van der Waals surface area contributed by atoms with E-state index in [2.05, 4.69) is 10.3 Å². The molecule has 2 aromatic rings. The van der Waals surface area contributed by atoms with Crippen molar-refractivity contribution in [1.29, 1.82) is 0 Å². The highest BCUT2D eigenvalue weighted by molar-refractivity contribution is 5.90. The number of benzene rings is 1. The fourth-order valence-corrected chi connectivity index (χ4v) is 1.44. The lowest BCUT2D eigenvalue weighted by Crippen LogP contribution is -2.28. The molecule has 0 aliphatic heterocycles. The standard InChI is InChI=1S/C12H9F2N3O2/c13-9-3-2-8(6-10(9)14)16-11(18)7-17-5-1-4-15-12(17)19/h1-6H,7H2,(H,16,18). The van der Waals surface area contributed by atoms with Crippen LogP contribution in [-0.2, 0) is 11.3 Å². The monoisotopic (exact) mass is 265 g/mol. The van der Waals surface area contributed by atoms with E-state index >= 15 is 0 Å². The minimum Gasteiger partial charge on any atom is -0.324 e. The predicted molar refractivity (Wildman–Crippen MR) is 63.5 cm³/mol. The molecule has 0 atom stereocenters. The molecule has 2 rings (SSSR count). The van der Waals surface area contributed by atoms with Crippen LogP contribution in [0.2, 0.25) is 0 Å². The summed E-state index contributed by atoms with van der Waals surface area (Å²) in [5.74, 6) is -2.60. The first-order valence-corrected chi connectivity index (χ1v) is 5.32. The van der Waals surface area contributed by atoms with E-state index in [0.29, 0.717) is 0 Å². The van der Waals surface area contributed by atoms with E-state index < -0.39 is 23.2 Å². The van der Waals surface area contributed by atoms with Crippen LogP contribution in [0.25, 0.3) is 0 Å². The minimum atomic E-state index is -1.06. The van der Waals surface area contributed by atoms with Crippen molar-refractivity contribution in [1.82, 2.24) is 9.55 Å². The molecular formula is C12H9F2N3O2. The smallest absolute Gasteiger partial charge is 0.324 e. The number of anilines is 1. The number of halogens is 2. The maximum atomic E-state index is 12.9. The van der Waals surface area contributed by atoms with Crippen LogP contribution in [-0.4, -0.2) is 15.5 Å². The Bertz CT molecular complexity index is 670. The quantitative estimate of drug-likeness (QED) is 0.905.